The summed E-state index contributed by atoms with van der Waals surface area (Å²) in [6.45, 7) is 8.33. The summed E-state index contributed by atoms with van der Waals surface area (Å²) in [5.41, 5.74) is 3.23. The molecule has 0 aliphatic rings. The van der Waals surface area contributed by atoms with Crippen LogP contribution in [0, 0.1) is 6.92 Å². The zero-order valence-corrected chi connectivity index (χ0v) is 18.1. The molecule has 1 heterocycles. The first-order chi connectivity index (χ1) is 14.7. The van der Waals surface area contributed by atoms with E-state index in [-0.39, 0.29) is 22.4 Å². The second kappa shape index (κ2) is 7.88. The molecule has 0 atom stereocenters. The van der Waals surface area contributed by atoms with E-state index in [1.54, 1.807) is 30.3 Å². The van der Waals surface area contributed by atoms with E-state index >= 15 is 0 Å². The van der Waals surface area contributed by atoms with Gasteiger partial charge in [-0.1, -0.05) is 69.3 Å². The topological polar surface area (TPSA) is 56.5 Å². The predicted molar refractivity (Wildman–Crippen MR) is 123 cm³/mol. The molecule has 4 heteroatoms. The Morgan fingerprint density at radius 2 is 1.58 bits per heavy atom. The highest BCUT2D eigenvalue weighted by atomic mass is 16.5. The van der Waals surface area contributed by atoms with Gasteiger partial charge in [-0.2, -0.15) is 0 Å². The molecule has 156 valence electrons. The number of carbonyl (C=O) groups excluding carboxylic acids is 1. The van der Waals surface area contributed by atoms with Crippen LogP contribution >= 0.6 is 0 Å². The van der Waals surface area contributed by atoms with E-state index in [2.05, 4.69) is 20.8 Å². The van der Waals surface area contributed by atoms with E-state index in [0.29, 0.717) is 22.1 Å². The van der Waals surface area contributed by atoms with Gasteiger partial charge >= 0.3 is 5.97 Å². The van der Waals surface area contributed by atoms with Crippen LogP contribution in [0.15, 0.2) is 82.0 Å². The third-order valence-corrected chi connectivity index (χ3v) is 5.22. The Balaban J connectivity index is 1.89. The number of carbonyl (C=O) groups is 1. The van der Waals surface area contributed by atoms with Gasteiger partial charge in [0.05, 0.1) is 10.9 Å². The van der Waals surface area contributed by atoms with Crippen molar-refractivity contribution < 1.29 is 13.9 Å². The molecule has 1 aromatic heterocycles. The van der Waals surface area contributed by atoms with Gasteiger partial charge in [-0.3, -0.25) is 4.79 Å². The van der Waals surface area contributed by atoms with Crippen LogP contribution in [0.2, 0.25) is 0 Å². The van der Waals surface area contributed by atoms with E-state index in [1.807, 2.05) is 49.4 Å². The molecule has 0 N–H and O–H groups in total. The highest BCUT2D eigenvalue weighted by Gasteiger charge is 2.22. The zero-order chi connectivity index (χ0) is 22.2. The normalized spacial score (nSPS) is 11.5. The van der Waals surface area contributed by atoms with Crippen molar-refractivity contribution >= 4 is 16.9 Å². The van der Waals surface area contributed by atoms with E-state index in [0.717, 1.165) is 11.1 Å². The number of esters is 1. The van der Waals surface area contributed by atoms with Gasteiger partial charge in [-0.05, 0) is 47.7 Å². The molecular weight excluding hydrogens is 388 g/mol. The minimum atomic E-state index is -0.605. The average Bonchev–Trinajstić information content (AvgIpc) is 2.75. The number of fused-ring (bicyclic) bond motifs is 1. The van der Waals surface area contributed by atoms with Gasteiger partial charge in [-0.25, -0.2) is 4.79 Å². The lowest BCUT2D eigenvalue weighted by Crippen LogP contribution is -2.16. The maximum Gasteiger partial charge on any atom is 0.343 e. The fraction of sp³-hybridized carbons (Fsp3) is 0.185. The zero-order valence-electron chi connectivity index (χ0n) is 18.1. The Bertz CT molecular complexity index is 1310. The van der Waals surface area contributed by atoms with E-state index < -0.39 is 5.97 Å². The van der Waals surface area contributed by atoms with Crippen molar-refractivity contribution in [2.45, 2.75) is 33.1 Å². The minimum absolute atomic E-state index is 0.0114. The van der Waals surface area contributed by atoms with Gasteiger partial charge < -0.3 is 9.15 Å². The Kier molecular flexibility index (Phi) is 5.24. The predicted octanol–water partition coefficient (Wildman–Crippen LogP) is 6.29. The smallest absolute Gasteiger partial charge is 0.343 e. The first-order valence-electron chi connectivity index (χ1n) is 10.2. The first-order valence-corrected chi connectivity index (χ1v) is 10.2. The summed E-state index contributed by atoms with van der Waals surface area (Å²) in [6.07, 6.45) is 0. The summed E-state index contributed by atoms with van der Waals surface area (Å²) in [6, 6.07) is 21.7. The summed E-state index contributed by atoms with van der Waals surface area (Å²) >= 11 is 0. The number of aryl methyl sites for hydroxylation is 1. The Morgan fingerprint density at radius 3 is 2.23 bits per heavy atom. The first kappa shape index (κ1) is 20.6. The molecule has 4 aromatic rings. The van der Waals surface area contributed by atoms with Crippen LogP contribution in [0.3, 0.4) is 0 Å². The quantitative estimate of drug-likeness (QED) is 0.371. The molecule has 0 unspecified atom stereocenters. The lowest BCUT2D eigenvalue weighted by Gasteiger charge is -2.19. The molecule has 4 rings (SSSR count). The maximum atomic E-state index is 13.3. The van der Waals surface area contributed by atoms with Crippen LogP contribution in [0.4, 0.5) is 0 Å². The fourth-order valence-corrected chi connectivity index (χ4v) is 3.41. The van der Waals surface area contributed by atoms with Crippen LogP contribution in [-0.2, 0) is 5.41 Å². The van der Waals surface area contributed by atoms with Crippen molar-refractivity contribution in [3.8, 4) is 17.1 Å². The number of benzene rings is 3. The van der Waals surface area contributed by atoms with Gasteiger partial charge in [0.25, 0.3) is 0 Å². The fourth-order valence-electron chi connectivity index (χ4n) is 3.41. The van der Waals surface area contributed by atoms with Crippen LogP contribution in [0.5, 0.6) is 5.75 Å². The molecule has 0 bridgehead atoms. The average molecular weight is 412 g/mol. The van der Waals surface area contributed by atoms with Gasteiger partial charge in [0, 0.05) is 5.56 Å². The lowest BCUT2D eigenvalue weighted by atomic mass is 9.86. The summed E-state index contributed by atoms with van der Waals surface area (Å²) in [7, 11) is 0. The number of hydrogen-bond acceptors (Lipinski definition) is 4. The van der Waals surface area contributed by atoms with Gasteiger partial charge in [0.15, 0.2) is 5.76 Å². The third-order valence-electron chi connectivity index (χ3n) is 5.22. The molecular formula is C27H24O4. The molecule has 0 aliphatic carbocycles. The van der Waals surface area contributed by atoms with E-state index in [1.165, 1.54) is 0 Å². The Hall–Kier alpha value is -3.66. The number of rotatable bonds is 3. The minimum Gasteiger partial charge on any atom is -0.452 e. The van der Waals surface area contributed by atoms with Gasteiger partial charge in [0.2, 0.25) is 11.2 Å². The summed E-state index contributed by atoms with van der Waals surface area (Å²) in [4.78, 5) is 26.0. The van der Waals surface area contributed by atoms with Crippen molar-refractivity contribution in [1.29, 1.82) is 0 Å². The summed E-state index contributed by atoms with van der Waals surface area (Å²) in [5.74, 6) is -0.464. The second-order valence-electron chi connectivity index (χ2n) is 8.67. The van der Waals surface area contributed by atoms with Crippen molar-refractivity contribution in [1.82, 2.24) is 0 Å². The molecule has 0 aliphatic heterocycles. The van der Waals surface area contributed by atoms with Gasteiger partial charge in [-0.15, -0.1) is 0 Å². The largest absolute Gasteiger partial charge is 0.452 e. The van der Waals surface area contributed by atoms with Crippen LogP contribution in [0.25, 0.3) is 22.3 Å². The summed E-state index contributed by atoms with van der Waals surface area (Å²) < 4.78 is 11.7. The molecule has 3 aromatic carbocycles. The SMILES string of the molecule is Cc1ccc2c(=O)c(OC(=O)c3ccccc3)c(-c3ccc(C(C)(C)C)cc3)oc2c1. The molecule has 0 amide bonds. The molecule has 0 radical (unpaired) electrons. The second-order valence-corrected chi connectivity index (χ2v) is 8.67. The van der Waals surface area contributed by atoms with Gasteiger partial charge in [0.1, 0.15) is 5.58 Å². The standard InChI is InChI=1S/C27H24O4/c1-17-10-15-21-22(16-17)30-24(18-11-13-20(14-12-18)27(2,3)4)25(23(21)28)31-26(29)19-8-6-5-7-9-19/h5-16H,1-4H3. The van der Waals surface area contributed by atoms with Crippen molar-refractivity contribution in [3.63, 3.8) is 0 Å². The summed E-state index contributed by atoms with van der Waals surface area (Å²) in [5, 5.41) is 0.372. The molecule has 0 fully saturated rings. The molecule has 0 spiro atoms. The monoisotopic (exact) mass is 412 g/mol. The van der Waals surface area contributed by atoms with Crippen molar-refractivity contribution in [2.24, 2.45) is 0 Å². The molecule has 4 nitrogen and oxygen atoms in total. The van der Waals surface area contributed by atoms with Crippen LogP contribution in [-0.4, -0.2) is 5.97 Å². The van der Waals surface area contributed by atoms with Crippen molar-refractivity contribution in [2.75, 3.05) is 0 Å². The molecule has 0 saturated carbocycles. The molecule has 31 heavy (non-hydrogen) atoms. The Morgan fingerprint density at radius 1 is 0.903 bits per heavy atom. The van der Waals surface area contributed by atoms with Crippen LogP contribution in [0.1, 0.15) is 42.3 Å². The highest BCUT2D eigenvalue weighted by molar-refractivity contribution is 5.93. The number of ether oxygens (including phenoxy) is 1. The Labute approximate surface area is 181 Å². The number of hydrogen-bond donors (Lipinski definition) is 0. The molecule has 0 saturated heterocycles. The lowest BCUT2D eigenvalue weighted by molar-refractivity contribution is 0.0731. The van der Waals surface area contributed by atoms with Crippen LogP contribution < -0.4 is 10.2 Å². The third kappa shape index (κ3) is 4.15. The highest BCUT2D eigenvalue weighted by Crippen LogP contribution is 2.33. The van der Waals surface area contributed by atoms with E-state index in [9.17, 15) is 9.59 Å². The maximum absolute atomic E-state index is 13.3. The van der Waals surface area contributed by atoms with Crippen molar-refractivity contribution in [3.05, 3.63) is 99.7 Å². The van der Waals surface area contributed by atoms with E-state index in [4.69, 9.17) is 9.15 Å².